The van der Waals surface area contributed by atoms with Gasteiger partial charge in [-0.2, -0.15) is 0 Å². The van der Waals surface area contributed by atoms with Crippen LogP contribution in [0, 0.1) is 13.8 Å². The van der Waals surface area contributed by atoms with E-state index in [0.29, 0.717) is 0 Å². The van der Waals surface area contributed by atoms with E-state index in [2.05, 4.69) is 222 Å². The molecule has 1 aliphatic rings. The Kier molecular flexibility index (Phi) is 7.40. The van der Waals surface area contributed by atoms with Crippen LogP contribution in [0.5, 0.6) is 0 Å². The lowest BCUT2D eigenvalue weighted by molar-refractivity contribution is 1.13. The highest BCUT2D eigenvalue weighted by molar-refractivity contribution is 6.91. The van der Waals surface area contributed by atoms with Gasteiger partial charge in [-0.15, -0.1) is 0 Å². The van der Waals surface area contributed by atoms with Gasteiger partial charge in [0.15, 0.2) is 0 Å². The lowest BCUT2D eigenvalue weighted by Gasteiger charge is -2.39. The van der Waals surface area contributed by atoms with Gasteiger partial charge in [-0.3, -0.25) is 0 Å². The molecular formula is C52H38BN3. The molecule has 0 bridgehead atoms. The molecule has 0 fully saturated rings. The molecule has 0 atom stereocenters. The maximum Gasteiger partial charge on any atom is 0.329 e. The maximum absolute atomic E-state index is 2.62. The van der Waals surface area contributed by atoms with Gasteiger partial charge < -0.3 is 13.9 Å². The third-order valence-corrected chi connectivity index (χ3v) is 11.8. The molecule has 264 valence electrons. The monoisotopic (exact) mass is 715 g/mol. The zero-order chi connectivity index (χ0) is 37.3. The molecular weight excluding hydrogens is 677 g/mol. The highest BCUT2D eigenvalue weighted by Gasteiger charge is 2.41. The molecule has 1 aliphatic heterocycles. The zero-order valence-corrected chi connectivity index (χ0v) is 31.4. The summed E-state index contributed by atoms with van der Waals surface area (Å²) in [5, 5.41) is 3.73. The quantitative estimate of drug-likeness (QED) is 0.162. The largest absolute Gasteiger partial charge is 0.375 e. The summed E-state index contributed by atoms with van der Waals surface area (Å²) in [4.78, 5) is 2.62. The Labute approximate surface area is 327 Å². The minimum absolute atomic E-state index is 0.0266. The van der Waals surface area contributed by atoms with E-state index < -0.39 is 0 Å². The Hall–Kier alpha value is -7.04. The standard InChI is InChI=1S/C52H38BN3/c1-35-17-16-18-36(2)50(35)53-46-27-14-12-26-43(46)51-52(56(53)41-23-10-5-11-24-41)45-34-38(30-32-49(45)55(51)40-21-8-4-9-22-40)37-29-31-48-44(33-37)42-25-13-15-28-47(42)54(48)39-19-6-3-7-20-39/h3-34H,1-2H3. The van der Waals surface area contributed by atoms with Gasteiger partial charge in [-0.05, 0) is 108 Å². The van der Waals surface area contributed by atoms with E-state index in [9.17, 15) is 0 Å². The van der Waals surface area contributed by atoms with E-state index >= 15 is 0 Å². The van der Waals surface area contributed by atoms with Crippen LogP contribution in [-0.4, -0.2) is 16.0 Å². The lowest BCUT2D eigenvalue weighted by atomic mass is 9.44. The van der Waals surface area contributed by atoms with Crippen LogP contribution in [0.4, 0.5) is 11.4 Å². The third-order valence-electron chi connectivity index (χ3n) is 11.8. The van der Waals surface area contributed by atoms with Crippen molar-refractivity contribution in [2.24, 2.45) is 0 Å². The minimum Gasteiger partial charge on any atom is -0.375 e. The van der Waals surface area contributed by atoms with E-state index in [0.717, 1.165) is 5.69 Å². The predicted octanol–water partition coefficient (Wildman–Crippen LogP) is 11.9. The number of anilines is 2. The Morgan fingerprint density at radius 2 is 0.911 bits per heavy atom. The van der Waals surface area contributed by atoms with Crippen LogP contribution in [0.2, 0.25) is 0 Å². The van der Waals surface area contributed by atoms with Crippen LogP contribution in [0.3, 0.4) is 0 Å². The van der Waals surface area contributed by atoms with Gasteiger partial charge in [-0.25, -0.2) is 0 Å². The van der Waals surface area contributed by atoms with Gasteiger partial charge in [0.2, 0.25) is 0 Å². The number of aromatic nitrogens is 2. The molecule has 11 rings (SSSR count). The summed E-state index contributed by atoms with van der Waals surface area (Å²) in [6.07, 6.45) is 0. The summed E-state index contributed by atoms with van der Waals surface area (Å²) in [5.41, 5.74) is 18.4. The molecule has 0 spiro atoms. The molecule has 0 aliphatic carbocycles. The van der Waals surface area contributed by atoms with Gasteiger partial charge in [0, 0.05) is 33.2 Å². The molecule has 0 saturated carbocycles. The fourth-order valence-corrected chi connectivity index (χ4v) is 9.43. The summed E-state index contributed by atoms with van der Waals surface area (Å²) in [6.45, 7) is 4.50. The fraction of sp³-hybridized carbons (Fsp3) is 0.0385. The summed E-state index contributed by atoms with van der Waals surface area (Å²) in [6, 6.07) is 71.2. The lowest BCUT2D eigenvalue weighted by Crippen LogP contribution is -2.59. The van der Waals surface area contributed by atoms with Crippen molar-refractivity contribution in [2.45, 2.75) is 13.8 Å². The van der Waals surface area contributed by atoms with Crippen LogP contribution >= 0.6 is 0 Å². The molecule has 0 unspecified atom stereocenters. The Bertz CT molecular complexity index is 3090. The summed E-state index contributed by atoms with van der Waals surface area (Å²) in [7, 11) is 0. The first-order valence-corrected chi connectivity index (χ1v) is 19.5. The highest BCUT2D eigenvalue weighted by Crippen LogP contribution is 2.49. The second-order valence-corrected chi connectivity index (χ2v) is 15.0. The Morgan fingerprint density at radius 1 is 0.393 bits per heavy atom. The van der Waals surface area contributed by atoms with Crippen LogP contribution in [-0.2, 0) is 0 Å². The molecule has 3 nitrogen and oxygen atoms in total. The highest BCUT2D eigenvalue weighted by atomic mass is 15.1. The van der Waals surface area contributed by atoms with Gasteiger partial charge in [0.05, 0.1) is 27.9 Å². The first-order valence-electron chi connectivity index (χ1n) is 19.5. The number of aryl methyl sites for hydroxylation is 2. The Balaban J connectivity index is 1.22. The van der Waals surface area contributed by atoms with Crippen molar-refractivity contribution in [1.29, 1.82) is 0 Å². The molecule has 0 amide bonds. The van der Waals surface area contributed by atoms with E-state index in [1.807, 2.05) is 0 Å². The van der Waals surface area contributed by atoms with Crippen molar-refractivity contribution >= 4 is 61.9 Å². The fourth-order valence-electron chi connectivity index (χ4n) is 9.43. The van der Waals surface area contributed by atoms with Crippen molar-refractivity contribution < 1.29 is 0 Å². The van der Waals surface area contributed by atoms with Crippen LogP contribution in [0.15, 0.2) is 194 Å². The van der Waals surface area contributed by atoms with Gasteiger partial charge in [0.1, 0.15) is 0 Å². The number of nitrogens with zero attached hydrogens (tertiary/aromatic N) is 3. The summed E-state index contributed by atoms with van der Waals surface area (Å²) in [5.74, 6) is 0. The number of hydrogen-bond acceptors (Lipinski definition) is 1. The summed E-state index contributed by atoms with van der Waals surface area (Å²) >= 11 is 0. The molecule has 8 aromatic carbocycles. The first kappa shape index (κ1) is 32.4. The molecule has 2 aromatic heterocycles. The first-order chi connectivity index (χ1) is 27.7. The normalized spacial score (nSPS) is 12.4. The number of benzene rings is 8. The van der Waals surface area contributed by atoms with E-state index in [1.54, 1.807) is 0 Å². The van der Waals surface area contributed by atoms with Crippen molar-refractivity contribution in [3.63, 3.8) is 0 Å². The van der Waals surface area contributed by atoms with Gasteiger partial charge in [-0.1, -0.05) is 139 Å². The average molecular weight is 716 g/mol. The summed E-state index contributed by atoms with van der Waals surface area (Å²) < 4.78 is 4.87. The van der Waals surface area contributed by atoms with Crippen molar-refractivity contribution in [1.82, 2.24) is 9.13 Å². The molecule has 4 heteroatoms. The Morgan fingerprint density at radius 3 is 1.59 bits per heavy atom. The molecule has 0 radical (unpaired) electrons. The zero-order valence-electron chi connectivity index (χ0n) is 31.4. The van der Waals surface area contributed by atoms with E-state index in [4.69, 9.17) is 0 Å². The van der Waals surface area contributed by atoms with Crippen LogP contribution in [0.1, 0.15) is 11.1 Å². The number of hydrogen-bond donors (Lipinski definition) is 0. The second-order valence-electron chi connectivity index (χ2n) is 15.0. The van der Waals surface area contributed by atoms with Crippen LogP contribution in [0.25, 0.3) is 66.5 Å². The molecule has 0 N–H and O–H groups in total. The topological polar surface area (TPSA) is 13.1 Å². The molecule has 0 saturated heterocycles. The number of para-hydroxylation sites is 4. The SMILES string of the molecule is Cc1cccc(C)c1B1c2ccccc2-c2c(c3cc(-c4ccc5c(c4)c4ccccc4n5-c4ccccc4)ccc3n2-c2ccccc2)N1c1ccccc1. The maximum atomic E-state index is 2.62. The van der Waals surface area contributed by atoms with Crippen LogP contribution < -0.4 is 15.7 Å². The van der Waals surface area contributed by atoms with Crippen molar-refractivity contribution in [2.75, 3.05) is 4.81 Å². The van der Waals surface area contributed by atoms with E-state index in [1.165, 1.54) is 94.2 Å². The average Bonchev–Trinajstić information content (AvgIpc) is 3.77. The van der Waals surface area contributed by atoms with Crippen molar-refractivity contribution in [3.8, 4) is 33.8 Å². The predicted molar refractivity (Wildman–Crippen MR) is 238 cm³/mol. The third kappa shape index (κ3) is 4.85. The molecule has 56 heavy (non-hydrogen) atoms. The van der Waals surface area contributed by atoms with Crippen molar-refractivity contribution in [3.05, 3.63) is 205 Å². The number of rotatable bonds is 5. The minimum atomic E-state index is -0.0266. The smallest absolute Gasteiger partial charge is 0.329 e. The molecule has 3 heterocycles. The second kappa shape index (κ2) is 12.8. The molecule has 10 aromatic rings. The number of fused-ring (bicyclic) bond motifs is 8. The van der Waals surface area contributed by atoms with E-state index in [-0.39, 0.29) is 6.85 Å². The van der Waals surface area contributed by atoms with Gasteiger partial charge in [0.25, 0.3) is 0 Å². The van der Waals surface area contributed by atoms with Gasteiger partial charge >= 0.3 is 6.85 Å².